The molecule has 2 aromatic rings. The van der Waals surface area contributed by atoms with E-state index in [4.69, 9.17) is 10.5 Å². The summed E-state index contributed by atoms with van der Waals surface area (Å²) in [5, 5.41) is 6.47. The summed E-state index contributed by atoms with van der Waals surface area (Å²) in [6, 6.07) is 12.7. The van der Waals surface area contributed by atoms with Crippen molar-refractivity contribution < 1.29 is 22.7 Å². The number of anilines is 2. The molecule has 0 saturated carbocycles. The highest BCUT2D eigenvalue weighted by Crippen LogP contribution is 2.32. The Morgan fingerprint density at radius 1 is 1.13 bits per heavy atom. The number of carbonyl (C=O) groups excluding carboxylic acids is 1. The Hall–Kier alpha value is -2.74. The molecule has 164 valence electrons. The third-order valence-electron chi connectivity index (χ3n) is 4.68. The molecule has 1 amide bonds. The number of hydrogen-bond donors (Lipinski definition) is 3. The molecule has 0 saturated heterocycles. The number of alkyl halides is 3. The molecule has 0 aliphatic carbocycles. The lowest BCUT2D eigenvalue weighted by Crippen LogP contribution is -2.34. The van der Waals surface area contributed by atoms with Gasteiger partial charge < -0.3 is 21.1 Å². The molecule has 0 aromatic heterocycles. The SMILES string of the molecule is CC(CCC(C)(C)OC(N)=O)NCc1ccccc1Nc1cccc(C(F)(F)F)c1. The van der Waals surface area contributed by atoms with Crippen molar-refractivity contribution in [3.63, 3.8) is 0 Å². The molecule has 30 heavy (non-hydrogen) atoms. The monoisotopic (exact) mass is 423 g/mol. The van der Waals surface area contributed by atoms with Crippen molar-refractivity contribution in [2.45, 2.75) is 58.0 Å². The van der Waals surface area contributed by atoms with E-state index in [2.05, 4.69) is 10.6 Å². The Kier molecular flexibility index (Phi) is 7.72. The molecule has 2 rings (SSSR count). The van der Waals surface area contributed by atoms with Gasteiger partial charge >= 0.3 is 12.3 Å². The number of carbonyl (C=O) groups is 1. The van der Waals surface area contributed by atoms with Crippen LogP contribution in [0.5, 0.6) is 0 Å². The summed E-state index contributed by atoms with van der Waals surface area (Å²) in [6.07, 6.45) is -3.80. The first-order chi connectivity index (χ1) is 14.0. The lowest BCUT2D eigenvalue weighted by molar-refractivity contribution is -0.137. The zero-order chi connectivity index (χ0) is 22.4. The number of hydrogen-bond acceptors (Lipinski definition) is 4. The number of nitrogens with one attached hydrogen (secondary N) is 2. The minimum absolute atomic E-state index is 0.127. The fourth-order valence-corrected chi connectivity index (χ4v) is 3.00. The molecule has 0 spiro atoms. The maximum Gasteiger partial charge on any atom is 0.416 e. The van der Waals surface area contributed by atoms with Gasteiger partial charge in [0.15, 0.2) is 0 Å². The first-order valence-corrected chi connectivity index (χ1v) is 9.70. The number of nitrogens with two attached hydrogens (primary N) is 1. The molecule has 5 nitrogen and oxygen atoms in total. The summed E-state index contributed by atoms with van der Waals surface area (Å²) in [5.41, 5.74) is 5.77. The maximum atomic E-state index is 12.9. The molecule has 1 unspecified atom stereocenters. The van der Waals surface area contributed by atoms with Crippen LogP contribution in [0.1, 0.15) is 44.7 Å². The average molecular weight is 423 g/mol. The molecule has 0 aliphatic rings. The van der Waals surface area contributed by atoms with Crippen molar-refractivity contribution >= 4 is 17.5 Å². The van der Waals surface area contributed by atoms with Gasteiger partial charge in [-0.2, -0.15) is 13.2 Å². The third kappa shape index (κ3) is 7.59. The highest BCUT2D eigenvalue weighted by Gasteiger charge is 2.30. The van der Waals surface area contributed by atoms with E-state index in [9.17, 15) is 18.0 Å². The zero-order valence-electron chi connectivity index (χ0n) is 17.3. The fourth-order valence-electron chi connectivity index (χ4n) is 3.00. The molecule has 8 heteroatoms. The molecule has 0 heterocycles. The second kappa shape index (κ2) is 9.84. The van der Waals surface area contributed by atoms with Crippen LogP contribution >= 0.6 is 0 Å². The van der Waals surface area contributed by atoms with Gasteiger partial charge in [0.2, 0.25) is 0 Å². The normalized spacial score (nSPS) is 13.0. The molecule has 0 fully saturated rings. The van der Waals surface area contributed by atoms with Crippen LogP contribution in [-0.4, -0.2) is 17.7 Å². The van der Waals surface area contributed by atoms with E-state index in [0.717, 1.165) is 29.8 Å². The number of para-hydroxylation sites is 1. The summed E-state index contributed by atoms with van der Waals surface area (Å²) in [4.78, 5) is 10.9. The van der Waals surface area contributed by atoms with Crippen molar-refractivity contribution in [3.05, 3.63) is 59.7 Å². The largest absolute Gasteiger partial charge is 0.444 e. The first kappa shape index (κ1) is 23.5. The van der Waals surface area contributed by atoms with E-state index in [1.165, 1.54) is 6.07 Å². The Balaban J connectivity index is 1.98. The van der Waals surface area contributed by atoms with Crippen LogP contribution in [0.2, 0.25) is 0 Å². The van der Waals surface area contributed by atoms with Crippen molar-refractivity contribution in [1.82, 2.24) is 5.32 Å². The number of ether oxygens (including phenoxy) is 1. The number of rotatable bonds is 9. The van der Waals surface area contributed by atoms with E-state index in [0.29, 0.717) is 18.7 Å². The average Bonchev–Trinajstić information content (AvgIpc) is 2.64. The molecule has 0 bridgehead atoms. The number of halogens is 3. The van der Waals surface area contributed by atoms with Gasteiger partial charge in [-0.3, -0.25) is 0 Å². The van der Waals surface area contributed by atoms with Crippen LogP contribution in [0.25, 0.3) is 0 Å². The van der Waals surface area contributed by atoms with Gasteiger partial charge in [-0.15, -0.1) is 0 Å². The molecule has 0 aliphatic heterocycles. The van der Waals surface area contributed by atoms with Crippen LogP contribution in [0.4, 0.5) is 29.3 Å². The van der Waals surface area contributed by atoms with Gasteiger partial charge in [-0.05, 0) is 63.4 Å². The highest BCUT2D eigenvalue weighted by atomic mass is 19.4. The Labute approximate surface area is 174 Å². The summed E-state index contributed by atoms with van der Waals surface area (Å²) >= 11 is 0. The van der Waals surface area contributed by atoms with Gasteiger partial charge in [0, 0.05) is 24.0 Å². The van der Waals surface area contributed by atoms with Gasteiger partial charge in [0.1, 0.15) is 5.60 Å². The van der Waals surface area contributed by atoms with Crippen LogP contribution in [0, 0.1) is 0 Å². The van der Waals surface area contributed by atoms with E-state index in [-0.39, 0.29) is 6.04 Å². The topological polar surface area (TPSA) is 76.4 Å². The van der Waals surface area contributed by atoms with Crippen LogP contribution < -0.4 is 16.4 Å². The Bertz CT molecular complexity index is 854. The van der Waals surface area contributed by atoms with Crippen LogP contribution in [0.15, 0.2) is 48.5 Å². The maximum absolute atomic E-state index is 12.9. The highest BCUT2D eigenvalue weighted by molar-refractivity contribution is 5.65. The minimum atomic E-state index is -4.39. The van der Waals surface area contributed by atoms with E-state index in [1.807, 2.05) is 31.2 Å². The minimum Gasteiger partial charge on any atom is -0.444 e. The lowest BCUT2D eigenvalue weighted by atomic mass is 9.99. The Morgan fingerprint density at radius 2 is 1.83 bits per heavy atom. The predicted molar refractivity (Wildman–Crippen MR) is 111 cm³/mol. The number of amides is 1. The van der Waals surface area contributed by atoms with Crippen molar-refractivity contribution in [3.8, 4) is 0 Å². The molecule has 1 atom stereocenters. The van der Waals surface area contributed by atoms with Crippen molar-refractivity contribution in [2.24, 2.45) is 5.73 Å². The lowest BCUT2D eigenvalue weighted by Gasteiger charge is -2.26. The van der Waals surface area contributed by atoms with Crippen molar-refractivity contribution in [2.75, 3.05) is 5.32 Å². The summed E-state index contributed by atoms with van der Waals surface area (Å²) in [7, 11) is 0. The molecule has 0 radical (unpaired) electrons. The van der Waals surface area contributed by atoms with Crippen LogP contribution in [-0.2, 0) is 17.5 Å². The third-order valence-corrected chi connectivity index (χ3v) is 4.68. The summed E-state index contributed by atoms with van der Waals surface area (Å²) < 4.78 is 43.9. The molecule has 2 aromatic carbocycles. The van der Waals surface area contributed by atoms with Crippen LogP contribution in [0.3, 0.4) is 0 Å². The first-order valence-electron chi connectivity index (χ1n) is 9.70. The second-order valence-corrected chi connectivity index (χ2v) is 7.86. The van der Waals surface area contributed by atoms with Gasteiger partial charge in [0.25, 0.3) is 0 Å². The Morgan fingerprint density at radius 3 is 2.50 bits per heavy atom. The van der Waals surface area contributed by atoms with Gasteiger partial charge in [-0.25, -0.2) is 4.79 Å². The van der Waals surface area contributed by atoms with Gasteiger partial charge in [0.05, 0.1) is 5.56 Å². The van der Waals surface area contributed by atoms with E-state index in [1.54, 1.807) is 19.9 Å². The molecular formula is C22H28F3N3O2. The summed E-state index contributed by atoms with van der Waals surface area (Å²) in [5.74, 6) is 0. The zero-order valence-corrected chi connectivity index (χ0v) is 17.3. The summed E-state index contributed by atoms with van der Waals surface area (Å²) in [6.45, 7) is 6.15. The van der Waals surface area contributed by atoms with E-state index >= 15 is 0 Å². The second-order valence-electron chi connectivity index (χ2n) is 7.86. The number of benzene rings is 2. The number of primary amides is 1. The fraction of sp³-hybridized carbons (Fsp3) is 0.409. The molecule has 4 N–H and O–H groups in total. The quantitative estimate of drug-likeness (QED) is 0.492. The standard InChI is InChI=1S/C22H28F3N3O2/c1-15(11-12-21(2,3)30-20(26)29)27-14-16-7-4-5-10-19(16)28-18-9-6-8-17(13-18)22(23,24)25/h4-10,13,15,27-28H,11-12,14H2,1-3H3,(H2,26,29). The predicted octanol–water partition coefficient (Wildman–Crippen LogP) is 5.58. The van der Waals surface area contributed by atoms with Crippen molar-refractivity contribution in [1.29, 1.82) is 0 Å². The van der Waals surface area contributed by atoms with Gasteiger partial charge in [-0.1, -0.05) is 24.3 Å². The molecular weight excluding hydrogens is 395 g/mol. The smallest absolute Gasteiger partial charge is 0.416 e. The van der Waals surface area contributed by atoms with E-state index < -0.39 is 23.4 Å².